The third-order valence-corrected chi connectivity index (χ3v) is 4.28. The van der Waals surface area contributed by atoms with E-state index in [0.717, 1.165) is 31.0 Å². The minimum atomic E-state index is 0.0625. The average molecular weight is 286 g/mol. The maximum Gasteiger partial charge on any atom is 0.173 e. The molecule has 0 radical (unpaired) electrons. The molecule has 0 aromatic heterocycles. The van der Waals surface area contributed by atoms with Gasteiger partial charge in [-0.3, -0.25) is 0 Å². The fourth-order valence-corrected chi connectivity index (χ4v) is 3.22. The SMILES string of the molecule is NC(=NO)c1c(Cl)cccc1N1CCCSCC1. The molecule has 98 valence electrons. The Bertz CT molecular complexity index is 445. The molecular formula is C12H16ClN3OS. The molecular weight excluding hydrogens is 270 g/mol. The van der Waals surface area contributed by atoms with Gasteiger partial charge in [0.25, 0.3) is 0 Å². The van der Waals surface area contributed by atoms with E-state index < -0.39 is 0 Å². The number of halogens is 1. The Morgan fingerprint density at radius 1 is 1.39 bits per heavy atom. The van der Waals surface area contributed by atoms with Crippen LogP contribution in [0.3, 0.4) is 0 Å². The summed E-state index contributed by atoms with van der Waals surface area (Å²) in [5, 5.41) is 12.5. The summed E-state index contributed by atoms with van der Waals surface area (Å²) in [5.74, 6) is 2.32. The monoisotopic (exact) mass is 285 g/mol. The number of anilines is 1. The van der Waals surface area contributed by atoms with Crippen molar-refractivity contribution in [2.45, 2.75) is 6.42 Å². The molecule has 1 fully saturated rings. The number of amidine groups is 1. The summed E-state index contributed by atoms with van der Waals surface area (Å²) in [6.07, 6.45) is 1.13. The minimum absolute atomic E-state index is 0.0625. The van der Waals surface area contributed by atoms with Crippen molar-refractivity contribution in [1.82, 2.24) is 0 Å². The van der Waals surface area contributed by atoms with Gasteiger partial charge in [0.2, 0.25) is 0 Å². The Labute approximate surface area is 116 Å². The van der Waals surface area contributed by atoms with Crippen molar-refractivity contribution >= 4 is 34.9 Å². The molecule has 2 rings (SSSR count). The molecule has 18 heavy (non-hydrogen) atoms. The predicted octanol–water partition coefficient (Wildman–Crippen LogP) is 2.38. The molecule has 0 unspecified atom stereocenters. The van der Waals surface area contributed by atoms with Crippen molar-refractivity contribution in [3.63, 3.8) is 0 Å². The molecule has 3 N–H and O–H groups in total. The zero-order valence-electron chi connectivity index (χ0n) is 9.97. The van der Waals surface area contributed by atoms with E-state index in [9.17, 15) is 0 Å². The van der Waals surface area contributed by atoms with Crippen molar-refractivity contribution in [3.8, 4) is 0 Å². The van der Waals surface area contributed by atoms with Crippen LogP contribution in [0.1, 0.15) is 12.0 Å². The topological polar surface area (TPSA) is 61.9 Å². The minimum Gasteiger partial charge on any atom is -0.409 e. The van der Waals surface area contributed by atoms with E-state index in [1.54, 1.807) is 6.07 Å². The number of thioether (sulfide) groups is 1. The van der Waals surface area contributed by atoms with E-state index in [1.165, 1.54) is 5.75 Å². The van der Waals surface area contributed by atoms with Gasteiger partial charge in [-0.2, -0.15) is 11.8 Å². The number of rotatable bonds is 2. The maximum atomic E-state index is 8.87. The molecule has 0 bridgehead atoms. The van der Waals surface area contributed by atoms with Gasteiger partial charge in [-0.1, -0.05) is 22.8 Å². The van der Waals surface area contributed by atoms with E-state index in [-0.39, 0.29) is 5.84 Å². The normalized spacial score (nSPS) is 17.6. The summed E-state index contributed by atoms with van der Waals surface area (Å²) in [6, 6.07) is 5.62. The molecule has 1 aliphatic rings. The van der Waals surface area contributed by atoms with Gasteiger partial charge < -0.3 is 15.8 Å². The highest BCUT2D eigenvalue weighted by molar-refractivity contribution is 7.99. The highest BCUT2D eigenvalue weighted by atomic mass is 35.5. The number of hydrogen-bond acceptors (Lipinski definition) is 4. The second-order valence-electron chi connectivity index (χ2n) is 4.07. The fraction of sp³-hybridized carbons (Fsp3) is 0.417. The van der Waals surface area contributed by atoms with Crippen LogP contribution in [0.25, 0.3) is 0 Å². The average Bonchev–Trinajstić information content (AvgIpc) is 2.66. The Balaban J connectivity index is 2.39. The van der Waals surface area contributed by atoms with E-state index >= 15 is 0 Å². The molecule has 1 aromatic rings. The highest BCUT2D eigenvalue weighted by Crippen LogP contribution is 2.28. The first-order valence-corrected chi connectivity index (χ1v) is 7.36. The lowest BCUT2D eigenvalue weighted by atomic mass is 10.1. The van der Waals surface area contributed by atoms with Crippen LogP contribution >= 0.6 is 23.4 Å². The second-order valence-corrected chi connectivity index (χ2v) is 5.70. The number of benzene rings is 1. The quantitative estimate of drug-likeness (QED) is 0.379. The van der Waals surface area contributed by atoms with Crippen LogP contribution in [0.2, 0.25) is 5.02 Å². The number of oxime groups is 1. The molecule has 4 nitrogen and oxygen atoms in total. The first-order chi connectivity index (χ1) is 8.74. The molecule has 1 aromatic carbocycles. The molecule has 0 spiro atoms. The van der Waals surface area contributed by atoms with Crippen LogP contribution < -0.4 is 10.6 Å². The maximum absolute atomic E-state index is 8.87. The fourth-order valence-electron chi connectivity index (χ4n) is 2.07. The Morgan fingerprint density at radius 2 is 2.22 bits per heavy atom. The molecule has 1 aliphatic heterocycles. The largest absolute Gasteiger partial charge is 0.409 e. The van der Waals surface area contributed by atoms with Gasteiger partial charge in [0.05, 0.1) is 10.6 Å². The summed E-state index contributed by atoms with van der Waals surface area (Å²) in [7, 11) is 0. The van der Waals surface area contributed by atoms with Gasteiger partial charge in [-0.25, -0.2) is 0 Å². The molecule has 0 atom stereocenters. The van der Waals surface area contributed by atoms with Gasteiger partial charge in [0.1, 0.15) is 0 Å². The van der Waals surface area contributed by atoms with Crippen molar-refractivity contribution in [2.24, 2.45) is 10.9 Å². The van der Waals surface area contributed by atoms with Crippen molar-refractivity contribution < 1.29 is 5.21 Å². The van der Waals surface area contributed by atoms with E-state index in [2.05, 4.69) is 10.1 Å². The van der Waals surface area contributed by atoms with Gasteiger partial charge in [0.15, 0.2) is 5.84 Å². The van der Waals surface area contributed by atoms with Gasteiger partial charge in [0, 0.05) is 24.5 Å². The highest BCUT2D eigenvalue weighted by Gasteiger charge is 2.18. The van der Waals surface area contributed by atoms with Crippen LogP contribution in [-0.4, -0.2) is 35.6 Å². The zero-order chi connectivity index (χ0) is 13.0. The lowest BCUT2D eigenvalue weighted by molar-refractivity contribution is 0.318. The van der Waals surface area contributed by atoms with Gasteiger partial charge in [-0.15, -0.1) is 0 Å². The van der Waals surface area contributed by atoms with Crippen molar-refractivity contribution in [1.29, 1.82) is 0 Å². The first kappa shape index (κ1) is 13.4. The molecule has 1 heterocycles. The number of nitrogens with zero attached hydrogens (tertiary/aromatic N) is 2. The number of nitrogens with two attached hydrogens (primary N) is 1. The van der Waals surface area contributed by atoms with Crippen molar-refractivity contribution in [2.75, 3.05) is 29.5 Å². The zero-order valence-corrected chi connectivity index (χ0v) is 11.5. The summed E-state index contributed by atoms with van der Waals surface area (Å²) >= 11 is 8.11. The summed E-state index contributed by atoms with van der Waals surface area (Å²) in [5.41, 5.74) is 7.29. The van der Waals surface area contributed by atoms with Gasteiger partial charge >= 0.3 is 0 Å². The standard InChI is InChI=1S/C12H16ClN3OS/c13-9-3-1-4-10(11(9)12(14)15-17)16-5-2-7-18-8-6-16/h1,3-4,17H,2,5-8H2,(H2,14,15). The van der Waals surface area contributed by atoms with E-state index in [4.69, 9.17) is 22.5 Å². The van der Waals surface area contributed by atoms with Crippen molar-refractivity contribution in [3.05, 3.63) is 28.8 Å². The third-order valence-electron chi connectivity index (χ3n) is 2.92. The molecule has 0 aliphatic carbocycles. The van der Waals surface area contributed by atoms with E-state index in [1.807, 2.05) is 23.9 Å². The molecule has 0 saturated carbocycles. The Hall–Kier alpha value is -1.07. The lowest BCUT2D eigenvalue weighted by Gasteiger charge is -2.25. The second kappa shape index (κ2) is 6.20. The summed E-state index contributed by atoms with van der Waals surface area (Å²) < 4.78 is 0. The molecule has 1 saturated heterocycles. The van der Waals surface area contributed by atoms with E-state index in [0.29, 0.717) is 10.6 Å². The third kappa shape index (κ3) is 2.84. The lowest BCUT2D eigenvalue weighted by Crippen LogP contribution is -2.29. The van der Waals surface area contributed by atoms with Crippen LogP contribution in [0.5, 0.6) is 0 Å². The Morgan fingerprint density at radius 3 is 3.00 bits per heavy atom. The smallest absolute Gasteiger partial charge is 0.173 e. The molecule has 0 amide bonds. The molecule has 6 heteroatoms. The number of hydrogen-bond donors (Lipinski definition) is 2. The first-order valence-electron chi connectivity index (χ1n) is 5.83. The summed E-state index contributed by atoms with van der Waals surface area (Å²) in [4.78, 5) is 2.25. The van der Waals surface area contributed by atoms with Crippen LogP contribution in [0.4, 0.5) is 5.69 Å². The van der Waals surface area contributed by atoms with Crippen LogP contribution in [0.15, 0.2) is 23.4 Å². The van der Waals surface area contributed by atoms with Gasteiger partial charge in [-0.05, 0) is 24.3 Å². The summed E-state index contributed by atoms with van der Waals surface area (Å²) in [6.45, 7) is 1.93. The Kier molecular flexibility index (Phi) is 4.60. The van der Waals surface area contributed by atoms with Crippen LogP contribution in [0, 0.1) is 0 Å². The predicted molar refractivity (Wildman–Crippen MR) is 78.1 cm³/mol. The van der Waals surface area contributed by atoms with Crippen LogP contribution in [-0.2, 0) is 0 Å².